The van der Waals surface area contributed by atoms with E-state index in [1.54, 1.807) is 6.07 Å². The van der Waals surface area contributed by atoms with Gasteiger partial charge < -0.3 is 4.57 Å². The van der Waals surface area contributed by atoms with Gasteiger partial charge in [0.05, 0.1) is 22.0 Å². The molecule has 0 radical (unpaired) electrons. The van der Waals surface area contributed by atoms with Crippen molar-refractivity contribution in [2.45, 2.75) is 0 Å². The molecule has 4 nitrogen and oxygen atoms in total. The summed E-state index contributed by atoms with van der Waals surface area (Å²) in [6.07, 6.45) is 0. The van der Waals surface area contributed by atoms with Gasteiger partial charge in [-0.25, -0.2) is 15.0 Å². The molecule has 0 saturated heterocycles. The smallest absolute Gasteiger partial charge is 0.164 e. The second-order valence-electron chi connectivity index (χ2n) is 11.5. The Balaban J connectivity index is 1.30. The Kier molecular flexibility index (Phi) is 5.29. The molecule has 0 aliphatic carbocycles. The van der Waals surface area contributed by atoms with Crippen LogP contribution in [0.4, 0.5) is 0 Å². The normalized spacial score (nSPS) is 13.6. The third-order valence-electron chi connectivity index (χ3n) is 8.40. The molecule has 0 atom stereocenters. The lowest BCUT2D eigenvalue weighted by Gasteiger charge is -2.11. The first kappa shape index (κ1) is 21.3. The summed E-state index contributed by atoms with van der Waals surface area (Å²) in [4.78, 5) is 14.1. The zero-order chi connectivity index (χ0) is 39.5. The molecular weight excluding hydrogens is 597 g/mol. The molecule has 4 heteroatoms. The molecule has 49 heavy (non-hydrogen) atoms. The number of fused-ring (bicyclic) bond motifs is 3. The van der Waals surface area contributed by atoms with Crippen LogP contribution in [0.2, 0.25) is 0 Å². The molecular formula is C45H30N4. The molecule has 7 aromatic carbocycles. The molecule has 2 aromatic heterocycles. The van der Waals surface area contributed by atoms with E-state index in [1.165, 1.54) is 0 Å². The lowest BCUT2D eigenvalue weighted by Crippen LogP contribution is -2.00. The number of nitrogens with zero attached hydrogens (tertiary/aromatic N) is 4. The predicted molar refractivity (Wildman–Crippen MR) is 201 cm³/mol. The minimum atomic E-state index is -0.561. The van der Waals surface area contributed by atoms with Gasteiger partial charge in [0.15, 0.2) is 17.5 Å². The van der Waals surface area contributed by atoms with E-state index in [4.69, 9.17) is 13.2 Å². The quantitative estimate of drug-likeness (QED) is 0.183. The van der Waals surface area contributed by atoms with Crippen LogP contribution >= 0.6 is 0 Å². The molecule has 0 N–H and O–H groups in total. The number of hydrogen-bond acceptors (Lipinski definition) is 3. The summed E-state index contributed by atoms with van der Waals surface area (Å²) < 4.78 is 75.3. The Morgan fingerprint density at radius 1 is 0.388 bits per heavy atom. The summed E-state index contributed by atoms with van der Waals surface area (Å²) in [7, 11) is 0. The van der Waals surface area contributed by atoms with Crippen LogP contribution in [-0.2, 0) is 0 Å². The van der Waals surface area contributed by atoms with E-state index in [9.17, 15) is 2.74 Å². The molecule has 0 fully saturated rings. The van der Waals surface area contributed by atoms with E-state index in [0.29, 0.717) is 16.7 Å². The molecule has 0 saturated carbocycles. The fourth-order valence-corrected chi connectivity index (χ4v) is 6.10. The van der Waals surface area contributed by atoms with Crippen LogP contribution in [0.1, 0.15) is 11.0 Å². The van der Waals surface area contributed by atoms with E-state index in [-0.39, 0.29) is 51.8 Å². The SMILES string of the molecule is [2H]c1c([2H])c(-c2ccc3c4ccccc4n(-c4ccccc4)c3c2)c([2H])c(-c2c([2H])c([2H])c([2H])c(-c3nc(-c4ccccc4)nc(-c4ccccc4)n3)c2[2H])c1[2H]. The number of hydrogen-bond donors (Lipinski definition) is 0. The monoisotopic (exact) mass is 634 g/mol. The lowest BCUT2D eigenvalue weighted by atomic mass is 9.97. The van der Waals surface area contributed by atoms with Crippen molar-refractivity contribution in [2.24, 2.45) is 0 Å². The second-order valence-corrected chi connectivity index (χ2v) is 11.5. The van der Waals surface area contributed by atoms with Crippen molar-refractivity contribution < 1.29 is 11.0 Å². The van der Waals surface area contributed by atoms with Crippen LogP contribution in [0.15, 0.2) is 182 Å². The molecule has 0 bridgehead atoms. The molecule has 0 amide bonds. The van der Waals surface area contributed by atoms with Crippen LogP contribution in [0.5, 0.6) is 0 Å². The van der Waals surface area contributed by atoms with Crippen molar-refractivity contribution in [2.75, 3.05) is 0 Å². The fraction of sp³-hybridized carbons (Fsp3) is 0. The number of benzene rings is 7. The molecule has 0 spiro atoms. The van der Waals surface area contributed by atoms with Gasteiger partial charge in [0, 0.05) is 33.2 Å². The van der Waals surface area contributed by atoms with Crippen molar-refractivity contribution >= 4 is 21.8 Å². The van der Waals surface area contributed by atoms with Crippen LogP contribution in [0.3, 0.4) is 0 Å². The van der Waals surface area contributed by atoms with Crippen LogP contribution in [0, 0.1) is 0 Å². The molecule has 9 aromatic rings. The van der Waals surface area contributed by atoms with E-state index in [0.717, 1.165) is 27.5 Å². The predicted octanol–water partition coefficient (Wildman–Crippen LogP) is 11.3. The molecule has 9 rings (SSSR count). The molecule has 230 valence electrons. The first-order valence-corrected chi connectivity index (χ1v) is 15.8. The third kappa shape index (κ3) is 5.35. The van der Waals surface area contributed by atoms with Gasteiger partial charge in [-0.3, -0.25) is 0 Å². The van der Waals surface area contributed by atoms with Crippen molar-refractivity contribution in [3.63, 3.8) is 0 Å². The fourth-order valence-electron chi connectivity index (χ4n) is 6.10. The van der Waals surface area contributed by atoms with E-state index in [2.05, 4.69) is 14.5 Å². The number of aromatic nitrogens is 4. The maximum atomic E-state index is 9.57. The van der Waals surface area contributed by atoms with E-state index >= 15 is 0 Å². The summed E-state index contributed by atoms with van der Waals surface area (Å²) in [6.45, 7) is 0. The molecule has 0 unspecified atom stereocenters. The van der Waals surface area contributed by atoms with Gasteiger partial charge in [0.1, 0.15) is 0 Å². The molecule has 0 aliphatic rings. The van der Waals surface area contributed by atoms with E-state index < -0.39 is 36.3 Å². The van der Waals surface area contributed by atoms with Crippen molar-refractivity contribution in [1.29, 1.82) is 0 Å². The van der Waals surface area contributed by atoms with Crippen LogP contribution in [0.25, 0.3) is 83.9 Å². The Morgan fingerprint density at radius 3 is 1.49 bits per heavy atom. The lowest BCUT2D eigenvalue weighted by molar-refractivity contribution is 1.07. The largest absolute Gasteiger partial charge is 0.309 e. The standard InChI is InChI=1S/C45H30N4/c1-4-14-31(15-5-1)43-46-44(32-16-6-2-7-17-32)48-45(47-43)37-21-13-20-35(29-37)33-18-12-19-34(28-33)36-26-27-40-39-24-10-11-25-41(39)49(42(40)30-36)38-22-8-3-9-23-38/h1-30H/i12D,13D,18D,19D,20D,21D,28D,29D. The first-order chi connectivity index (χ1) is 27.6. The van der Waals surface area contributed by atoms with Gasteiger partial charge in [0.25, 0.3) is 0 Å². The molecule has 0 aliphatic heterocycles. The first-order valence-electron chi connectivity index (χ1n) is 19.8. The highest BCUT2D eigenvalue weighted by Gasteiger charge is 2.15. The van der Waals surface area contributed by atoms with E-state index in [1.807, 2.05) is 127 Å². The average Bonchev–Trinajstić information content (AvgIpc) is 3.58. The van der Waals surface area contributed by atoms with Gasteiger partial charge in [-0.2, -0.15) is 0 Å². The Labute approximate surface area is 295 Å². The van der Waals surface area contributed by atoms with Crippen LogP contribution < -0.4 is 0 Å². The Hall–Kier alpha value is -6.65. The molecule has 2 heterocycles. The topological polar surface area (TPSA) is 43.6 Å². The minimum absolute atomic E-state index is 0.0393. The zero-order valence-corrected chi connectivity index (χ0v) is 26.0. The summed E-state index contributed by atoms with van der Waals surface area (Å²) >= 11 is 0. The highest BCUT2D eigenvalue weighted by Crippen LogP contribution is 2.36. The van der Waals surface area contributed by atoms with Crippen LogP contribution in [-0.4, -0.2) is 19.5 Å². The maximum absolute atomic E-state index is 9.57. The van der Waals surface area contributed by atoms with Gasteiger partial charge in [-0.15, -0.1) is 0 Å². The van der Waals surface area contributed by atoms with Crippen molar-refractivity contribution in [3.05, 3.63) is 182 Å². The summed E-state index contributed by atoms with van der Waals surface area (Å²) in [5, 5.41) is 1.95. The van der Waals surface area contributed by atoms with Crippen molar-refractivity contribution in [1.82, 2.24) is 19.5 Å². The number of rotatable bonds is 6. The van der Waals surface area contributed by atoms with Gasteiger partial charge in [0.2, 0.25) is 0 Å². The summed E-state index contributed by atoms with van der Waals surface area (Å²) in [6, 6.07) is 37.9. The summed E-state index contributed by atoms with van der Waals surface area (Å²) in [5.41, 5.74) is 3.72. The minimum Gasteiger partial charge on any atom is -0.309 e. The van der Waals surface area contributed by atoms with Gasteiger partial charge in [-0.1, -0.05) is 145 Å². The number of para-hydroxylation sites is 2. The Morgan fingerprint density at radius 2 is 0.857 bits per heavy atom. The van der Waals surface area contributed by atoms with Crippen molar-refractivity contribution in [3.8, 4) is 62.1 Å². The zero-order valence-electron chi connectivity index (χ0n) is 34.0. The second kappa shape index (κ2) is 12.2. The highest BCUT2D eigenvalue weighted by atomic mass is 15.0. The third-order valence-corrected chi connectivity index (χ3v) is 8.40. The van der Waals surface area contributed by atoms with Gasteiger partial charge >= 0.3 is 0 Å². The Bertz CT molecular complexity index is 2990. The maximum Gasteiger partial charge on any atom is 0.164 e. The van der Waals surface area contributed by atoms with Gasteiger partial charge in [-0.05, 0) is 58.6 Å². The highest BCUT2D eigenvalue weighted by molar-refractivity contribution is 6.10. The average molecular weight is 635 g/mol. The summed E-state index contributed by atoms with van der Waals surface area (Å²) in [5.74, 6) is 0.440.